The number of anilines is 2. The summed E-state index contributed by atoms with van der Waals surface area (Å²) in [4.78, 5) is 14.1. The first-order valence-corrected chi connectivity index (χ1v) is 5.77. The van der Waals surface area contributed by atoms with Gasteiger partial charge in [-0.2, -0.15) is 0 Å². The lowest BCUT2D eigenvalue weighted by Crippen LogP contribution is -2.30. The molecule has 1 unspecified atom stereocenters. The molecule has 0 aliphatic carbocycles. The van der Waals surface area contributed by atoms with Crippen molar-refractivity contribution in [2.75, 3.05) is 17.2 Å². The standard InChI is InChI=1S/C13H18N2O/c1-4-15-12-9(6-5-7-10(12)14)11(8(2)3)13(15)16/h5-8,11H,4,14H2,1-3H3. The largest absolute Gasteiger partial charge is 0.397 e. The van der Waals surface area contributed by atoms with Gasteiger partial charge in [-0.3, -0.25) is 4.79 Å². The van der Waals surface area contributed by atoms with E-state index in [9.17, 15) is 4.79 Å². The van der Waals surface area contributed by atoms with E-state index in [0.29, 0.717) is 18.2 Å². The molecule has 3 heteroatoms. The number of likely N-dealkylation sites (N-methyl/N-ethyl adjacent to an activating group) is 1. The number of rotatable bonds is 2. The van der Waals surface area contributed by atoms with E-state index in [2.05, 4.69) is 13.8 Å². The number of para-hydroxylation sites is 1. The van der Waals surface area contributed by atoms with Crippen LogP contribution in [0.15, 0.2) is 18.2 Å². The molecule has 0 fully saturated rings. The summed E-state index contributed by atoms with van der Waals surface area (Å²) in [5.74, 6) is 0.466. The van der Waals surface area contributed by atoms with Crippen molar-refractivity contribution in [1.82, 2.24) is 0 Å². The van der Waals surface area contributed by atoms with Crippen LogP contribution in [0.3, 0.4) is 0 Å². The highest BCUT2D eigenvalue weighted by molar-refractivity contribution is 6.07. The van der Waals surface area contributed by atoms with Crippen LogP contribution in [0.4, 0.5) is 11.4 Å². The zero-order valence-corrected chi connectivity index (χ0v) is 10.0. The van der Waals surface area contributed by atoms with Gasteiger partial charge in [0, 0.05) is 6.54 Å². The second-order valence-corrected chi connectivity index (χ2v) is 4.59. The number of hydrogen-bond donors (Lipinski definition) is 1. The minimum Gasteiger partial charge on any atom is -0.397 e. The molecular weight excluding hydrogens is 200 g/mol. The molecule has 0 bridgehead atoms. The van der Waals surface area contributed by atoms with Crippen LogP contribution in [0.5, 0.6) is 0 Å². The van der Waals surface area contributed by atoms with Gasteiger partial charge in [0.2, 0.25) is 5.91 Å². The Morgan fingerprint density at radius 2 is 2.12 bits per heavy atom. The van der Waals surface area contributed by atoms with Crippen molar-refractivity contribution >= 4 is 17.3 Å². The first kappa shape index (κ1) is 11.0. The fourth-order valence-corrected chi connectivity index (χ4v) is 2.51. The lowest BCUT2D eigenvalue weighted by molar-refractivity contribution is -0.120. The van der Waals surface area contributed by atoms with Crippen LogP contribution in [0.25, 0.3) is 0 Å². The van der Waals surface area contributed by atoms with Crippen LogP contribution in [-0.2, 0) is 4.79 Å². The van der Waals surface area contributed by atoms with E-state index in [0.717, 1.165) is 11.3 Å². The van der Waals surface area contributed by atoms with Crippen LogP contribution < -0.4 is 10.6 Å². The van der Waals surface area contributed by atoms with Crippen molar-refractivity contribution in [3.63, 3.8) is 0 Å². The summed E-state index contributed by atoms with van der Waals surface area (Å²) >= 11 is 0. The van der Waals surface area contributed by atoms with E-state index in [1.54, 1.807) is 4.90 Å². The molecule has 2 N–H and O–H groups in total. The number of nitrogens with zero attached hydrogens (tertiary/aromatic N) is 1. The Morgan fingerprint density at radius 3 is 2.69 bits per heavy atom. The number of hydrogen-bond acceptors (Lipinski definition) is 2. The fraction of sp³-hybridized carbons (Fsp3) is 0.462. The first-order chi connectivity index (χ1) is 7.57. The van der Waals surface area contributed by atoms with E-state index >= 15 is 0 Å². The molecule has 0 aromatic heterocycles. The molecule has 2 rings (SSSR count). The van der Waals surface area contributed by atoms with Gasteiger partial charge in [-0.05, 0) is 24.5 Å². The summed E-state index contributed by atoms with van der Waals surface area (Å²) in [6, 6.07) is 5.80. The minimum atomic E-state index is -0.0292. The third-order valence-electron chi connectivity index (χ3n) is 3.22. The SMILES string of the molecule is CCN1C(=O)C(C(C)C)c2cccc(N)c21. The van der Waals surface area contributed by atoms with E-state index in [1.165, 1.54) is 0 Å². The first-order valence-electron chi connectivity index (χ1n) is 5.77. The summed E-state index contributed by atoms with van der Waals surface area (Å²) in [7, 11) is 0. The molecule has 1 aliphatic heterocycles. The molecule has 1 aromatic carbocycles. The Balaban J connectivity index is 2.59. The molecule has 1 atom stereocenters. The Hall–Kier alpha value is -1.51. The van der Waals surface area contributed by atoms with Crippen LogP contribution in [0, 0.1) is 5.92 Å². The van der Waals surface area contributed by atoms with Gasteiger partial charge in [-0.15, -0.1) is 0 Å². The number of carbonyl (C=O) groups excluding carboxylic acids is 1. The van der Waals surface area contributed by atoms with Crippen molar-refractivity contribution in [3.8, 4) is 0 Å². The Morgan fingerprint density at radius 1 is 1.44 bits per heavy atom. The number of benzene rings is 1. The average molecular weight is 218 g/mol. The van der Waals surface area contributed by atoms with E-state index in [1.807, 2.05) is 25.1 Å². The maximum Gasteiger partial charge on any atom is 0.234 e. The normalized spacial score (nSPS) is 19.4. The van der Waals surface area contributed by atoms with E-state index < -0.39 is 0 Å². The van der Waals surface area contributed by atoms with Crippen molar-refractivity contribution in [3.05, 3.63) is 23.8 Å². The van der Waals surface area contributed by atoms with Gasteiger partial charge in [0.15, 0.2) is 0 Å². The molecule has 16 heavy (non-hydrogen) atoms. The summed E-state index contributed by atoms with van der Waals surface area (Å²) < 4.78 is 0. The molecule has 0 radical (unpaired) electrons. The van der Waals surface area contributed by atoms with Gasteiger partial charge in [0.1, 0.15) is 0 Å². The van der Waals surface area contributed by atoms with Gasteiger partial charge in [0.25, 0.3) is 0 Å². The zero-order chi connectivity index (χ0) is 11.9. The lowest BCUT2D eigenvalue weighted by Gasteiger charge is -2.17. The summed E-state index contributed by atoms with van der Waals surface area (Å²) in [6.07, 6.45) is 0. The summed E-state index contributed by atoms with van der Waals surface area (Å²) in [5, 5.41) is 0. The van der Waals surface area contributed by atoms with Gasteiger partial charge in [0.05, 0.1) is 17.3 Å². The predicted molar refractivity (Wildman–Crippen MR) is 66.5 cm³/mol. The fourth-order valence-electron chi connectivity index (χ4n) is 2.51. The molecular formula is C13H18N2O. The van der Waals surface area contributed by atoms with Crippen molar-refractivity contribution < 1.29 is 4.79 Å². The van der Waals surface area contributed by atoms with Crippen LogP contribution in [0.2, 0.25) is 0 Å². The highest BCUT2D eigenvalue weighted by atomic mass is 16.2. The monoisotopic (exact) mass is 218 g/mol. The second-order valence-electron chi connectivity index (χ2n) is 4.59. The second kappa shape index (κ2) is 3.81. The molecule has 1 aliphatic rings. The minimum absolute atomic E-state index is 0.0292. The number of carbonyl (C=O) groups is 1. The molecule has 1 heterocycles. The highest BCUT2D eigenvalue weighted by Gasteiger charge is 2.39. The number of nitrogen functional groups attached to an aromatic ring is 1. The molecule has 3 nitrogen and oxygen atoms in total. The Bertz CT molecular complexity index is 426. The molecule has 1 aromatic rings. The Kier molecular flexibility index (Phi) is 2.62. The number of amides is 1. The van der Waals surface area contributed by atoms with Gasteiger partial charge in [-0.25, -0.2) is 0 Å². The Labute approximate surface area is 96.2 Å². The lowest BCUT2D eigenvalue weighted by atomic mass is 9.89. The van der Waals surface area contributed by atoms with Gasteiger partial charge < -0.3 is 10.6 Å². The molecule has 0 spiro atoms. The van der Waals surface area contributed by atoms with Gasteiger partial charge >= 0.3 is 0 Å². The molecule has 86 valence electrons. The zero-order valence-electron chi connectivity index (χ0n) is 10.0. The van der Waals surface area contributed by atoms with Crippen LogP contribution in [-0.4, -0.2) is 12.5 Å². The molecule has 0 saturated carbocycles. The average Bonchev–Trinajstić information content (AvgIpc) is 2.51. The van der Waals surface area contributed by atoms with E-state index in [-0.39, 0.29) is 11.8 Å². The maximum absolute atomic E-state index is 12.3. The van der Waals surface area contributed by atoms with Crippen molar-refractivity contribution in [2.24, 2.45) is 5.92 Å². The maximum atomic E-state index is 12.3. The van der Waals surface area contributed by atoms with Crippen molar-refractivity contribution in [2.45, 2.75) is 26.7 Å². The highest BCUT2D eigenvalue weighted by Crippen LogP contribution is 2.44. The van der Waals surface area contributed by atoms with Crippen molar-refractivity contribution in [1.29, 1.82) is 0 Å². The number of nitrogens with two attached hydrogens (primary N) is 1. The topological polar surface area (TPSA) is 46.3 Å². The van der Waals surface area contributed by atoms with Crippen LogP contribution >= 0.6 is 0 Å². The van der Waals surface area contributed by atoms with E-state index in [4.69, 9.17) is 5.73 Å². The smallest absolute Gasteiger partial charge is 0.234 e. The third-order valence-corrected chi connectivity index (χ3v) is 3.22. The molecule has 1 amide bonds. The molecule has 0 saturated heterocycles. The predicted octanol–water partition coefficient (Wildman–Crippen LogP) is 2.37. The van der Waals surface area contributed by atoms with Crippen LogP contribution in [0.1, 0.15) is 32.3 Å². The third kappa shape index (κ3) is 1.39. The summed E-state index contributed by atoms with van der Waals surface area (Å²) in [5.41, 5.74) is 8.68. The van der Waals surface area contributed by atoms with Gasteiger partial charge in [-0.1, -0.05) is 26.0 Å². The quantitative estimate of drug-likeness (QED) is 0.775. The number of fused-ring (bicyclic) bond motifs is 1. The summed E-state index contributed by atoms with van der Waals surface area (Å²) in [6.45, 7) is 6.82.